The fraction of sp³-hybridized carbons (Fsp3) is 0.321. The first-order chi connectivity index (χ1) is 17.0. The Morgan fingerprint density at radius 3 is 2.34 bits per heavy atom. The highest BCUT2D eigenvalue weighted by atomic mass is 32.1. The van der Waals surface area contributed by atoms with Gasteiger partial charge in [0, 0.05) is 12.6 Å². The van der Waals surface area contributed by atoms with E-state index in [1.54, 1.807) is 17.0 Å². The van der Waals surface area contributed by atoms with E-state index in [2.05, 4.69) is 10.6 Å². The lowest BCUT2D eigenvalue weighted by molar-refractivity contribution is -0.141. The molecule has 182 valence electrons. The monoisotopic (exact) mass is 489 g/mol. The number of hydrogen-bond acceptors (Lipinski definition) is 4. The molecule has 0 unspecified atom stereocenters. The lowest BCUT2D eigenvalue weighted by Gasteiger charge is -2.32. The average molecular weight is 490 g/mol. The summed E-state index contributed by atoms with van der Waals surface area (Å²) in [7, 11) is 0. The predicted octanol–water partition coefficient (Wildman–Crippen LogP) is 4.62. The Kier molecular flexibility index (Phi) is 8.32. The highest BCUT2D eigenvalue weighted by Gasteiger charge is 2.33. The maximum absolute atomic E-state index is 13.7. The molecule has 1 heterocycles. The third-order valence-corrected chi connectivity index (χ3v) is 7.18. The number of carbonyl (C=O) groups excluding carboxylic acids is 3. The highest BCUT2D eigenvalue weighted by Crippen LogP contribution is 2.26. The fourth-order valence-electron chi connectivity index (χ4n) is 4.43. The predicted molar refractivity (Wildman–Crippen MR) is 138 cm³/mol. The molecule has 0 bridgehead atoms. The zero-order valence-electron chi connectivity index (χ0n) is 19.9. The lowest BCUT2D eigenvalue weighted by Crippen LogP contribution is -2.48. The second kappa shape index (κ2) is 11.8. The molecule has 2 aromatic carbocycles. The van der Waals surface area contributed by atoms with Crippen molar-refractivity contribution in [2.75, 3.05) is 6.54 Å². The summed E-state index contributed by atoms with van der Waals surface area (Å²) in [5.41, 5.74) is 2.74. The van der Waals surface area contributed by atoms with Gasteiger partial charge in [-0.05, 0) is 42.3 Å². The summed E-state index contributed by atoms with van der Waals surface area (Å²) in [6.07, 6.45) is 4.11. The van der Waals surface area contributed by atoms with Crippen molar-refractivity contribution in [2.24, 2.45) is 0 Å². The zero-order chi connectivity index (χ0) is 24.6. The van der Waals surface area contributed by atoms with Gasteiger partial charge in [-0.1, -0.05) is 79.1 Å². The van der Waals surface area contributed by atoms with Gasteiger partial charge < -0.3 is 15.5 Å². The van der Waals surface area contributed by atoms with E-state index in [0.29, 0.717) is 4.88 Å². The van der Waals surface area contributed by atoms with Crippen LogP contribution in [0.4, 0.5) is 0 Å². The van der Waals surface area contributed by atoms with Crippen molar-refractivity contribution in [3.63, 3.8) is 0 Å². The molecule has 7 heteroatoms. The van der Waals surface area contributed by atoms with Crippen molar-refractivity contribution in [1.29, 1.82) is 0 Å². The molecule has 0 spiro atoms. The Labute approximate surface area is 210 Å². The number of nitrogens with zero attached hydrogens (tertiary/aromatic N) is 1. The number of aryl methyl sites for hydroxylation is 1. The molecular formula is C28H31N3O3S. The van der Waals surface area contributed by atoms with E-state index in [1.807, 2.05) is 66.9 Å². The molecular weight excluding hydrogens is 458 g/mol. The molecule has 0 radical (unpaired) electrons. The van der Waals surface area contributed by atoms with Gasteiger partial charge in [0.05, 0.1) is 11.4 Å². The van der Waals surface area contributed by atoms with E-state index in [1.165, 1.54) is 11.3 Å². The molecule has 4 rings (SSSR count). The van der Waals surface area contributed by atoms with Crippen molar-refractivity contribution >= 4 is 29.1 Å². The van der Waals surface area contributed by atoms with Crippen molar-refractivity contribution in [1.82, 2.24) is 15.5 Å². The molecule has 35 heavy (non-hydrogen) atoms. The van der Waals surface area contributed by atoms with Crippen molar-refractivity contribution in [2.45, 2.75) is 51.2 Å². The molecule has 1 aliphatic rings. The normalized spacial score (nSPS) is 14.3. The summed E-state index contributed by atoms with van der Waals surface area (Å²) in [4.78, 5) is 41.8. The van der Waals surface area contributed by atoms with E-state index in [4.69, 9.17) is 0 Å². The van der Waals surface area contributed by atoms with Gasteiger partial charge >= 0.3 is 0 Å². The summed E-state index contributed by atoms with van der Waals surface area (Å²) in [6.45, 7) is 2.05. The lowest BCUT2D eigenvalue weighted by atomic mass is 10.0. The number of thiophene rings is 1. The Morgan fingerprint density at radius 2 is 1.69 bits per heavy atom. The summed E-state index contributed by atoms with van der Waals surface area (Å²) < 4.78 is 0. The van der Waals surface area contributed by atoms with Crippen LogP contribution in [0.3, 0.4) is 0 Å². The van der Waals surface area contributed by atoms with Crippen LogP contribution in [0.2, 0.25) is 0 Å². The van der Waals surface area contributed by atoms with Crippen molar-refractivity contribution in [3.05, 3.63) is 93.7 Å². The molecule has 1 aliphatic carbocycles. The molecule has 1 saturated carbocycles. The molecule has 3 amide bonds. The minimum Gasteiger partial charge on any atom is -0.351 e. The Hall–Kier alpha value is -3.45. The molecule has 1 aromatic heterocycles. The van der Waals surface area contributed by atoms with E-state index in [-0.39, 0.29) is 36.9 Å². The zero-order valence-corrected chi connectivity index (χ0v) is 20.7. The third-order valence-electron chi connectivity index (χ3n) is 6.32. The number of nitrogens with one attached hydrogen (secondary N) is 2. The summed E-state index contributed by atoms with van der Waals surface area (Å²) in [6, 6.07) is 20.2. The second-order valence-electron chi connectivity index (χ2n) is 8.97. The van der Waals surface area contributed by atoms with Gasteiger partial charge in [-0.3, -0.25) is 14.4 Å². The smallest absolute Gasteiger partial charge is 0.261 e. The summed E-state index contributed by atoms with van der Waals surface area (Å²) in [5, 5.41) is 7.73. The van der Waals surface area contributed by atoms with Gasteiger partial charge in [-0.25, -0.2) is 0 Å². The van der Waals surface area contributed by atoms with Gasteiger partial charge in [0.25, 0.3) is 5.91 Å². The largest absolute Gasteiger partial charge is 0.351 e. The van der Waals surface area contributed by atoms with Crippen LogP contribution >= 0.6 is 11.3 Å². The van der Waals surface area contributed by atoms with E-state index in [0.717, 1.165) is 42.4 Å². The standard InChI is InChI=1S/C28H31N3O3S/c1-20-13-15-22(16-14-20)26(28(34)30-23-10-5-6-11-23)31(19-21-8-3-2-4-9-21)25(32)18-29-27(33)24-12-7-17-35-24/h2-4,7-9,12-17,23,26H,5-6,10-11,18-19H2,1H3,(H,29,33)(H,30,34)/t26-/m1/s1. The van der Waals surface area contributed by atoms with E-state index >= 15 is 0 Å². The van der Waals surface area contributed by atoms with Gasteiger partial charge in [-0.15, -0.1) is 11.3 Å². The van der Waals surface area contributed by atoms with Gasteiger partial charge in [-0.2, -0.15) is 0 Å². The maximum atomic E-state index is 13.7. The average Bonchev–Trinajstić information content (AvgIpc) is 3.58. The topological polar surface area (TPSA) is 78.5 Å². The number of hydrogen-bond donors (Lipinski definition) is 2. The fourth-order valence-corrected chi connectivity index (χ4v) is 5.07. The van der Waals surface area contributed by atoms with Crippen molar-refractivity contribution in [3.8, 4) is 0 Å². The molecule has 0 saturated heterocycles. The van der Waals surface area contributed by atoms with E-state index < -0.39 is 6.04 Å². The number of amides is 3. The van der Waals surface area contributed by atoms with Crippen LogP contribution in [0.25, 0.3) is 0 Å². The van der Waals surface area contributed by atoms with Crippen LogP contribution in [-0.4, -0.2) is 35.2 Å². The van der Waals surface area contributed by atoms with Crippen LogP contribution in [0.15, 0.2) is 72.1 Å². The first-order valence-electron chi connectivity index (χ1n) is 12.0. The SMILES string of the molecule is Cc1ccc([C@H](C(=O)NC2CCCC2)N(Cc2ccccc2)C(=O)CNC(=O)c2cccs2)cc1. The number of rotatable bonds is 9. The van der Waals surface area contributed by atoms with Gasteiger partial charge in [0.15, 0.2) is 0 Å². The first kappa shape index (κ1) is 24.7. The molecule has 3 aromatic rings. The Bertz CT molecular complexity index is 1120. The van der Waals surface area contributed by atoms with Crippen LogP contribution in [0.1, 0.15) is 58.1 Å². The maximum Gasteiger partial charge on any atom is 0.261 e. The van der Waals surface area contributed by atoms with Crippen LogP contribution < -0.4 is 10.6 Å². The van der Waals surface area contributed by atoms with Crippen molar-refractivity contribution < 1.29 is 14.4 Å². The minimum absolute atomic E-state index is 0.127. The molecule has 0 aliphatic heterocycles. The number of carbonyl (C=O) groups is 3. The molecule has 1 atom stereocenters. The summed E-state index contributed by atoms with van der Waals surface area (Å²) in [5.74, 6) is -0.796. The number of benzene rings is 2. The molecule has 2 N–H and O–H groups in total. The Morgan fingerprint density at radius 1 is 0.971 bits per heavy atom. The Balaban J connectivity index is 1.62. The third kappa shape index (κ3) is 6.57. The van der Waals surface area contributed by atoms with Gasteiger partial charge in [0.2, 0.25) is 11.8 Å². The second-order valence-corrected chi connectivity index (χ2v) is 9.92. The first-order valence-corrected chi connectivity index (χ1v) is 12.9. The van der Waals surface area contributed by atoms with Gasteiger partial charge in [0.1, 0.15) is 6.04 Å². The highest BCUT2D eigenvalue weighted by molar-refractivity contribution is 7.12. The molecule has 6 nitrogen and oxygen atoms in total. The molecule has 1 fully saturated rings. The van der Waals surface area contributed by atoms with Crippen LogP contribution in [-0.2, 0) is 16.1 Å². The van der Waals surface area contributed by atoms with E-state index in [9.17, 15) is 14.4 Å². The van der Waals surface area contributed by atoms with Crippen LogP contribution in [0, 0.1) is 6.92 Å². The minimum atomic E-state index is -0.803. The summed E-state index contributed by atoms with van der Waals surface area (Å²) >= 11 is 1.32. The van der Waals surface area contributed by atoms with Crippen LogP contribution in [0.5, 0.6) is 0 Å². The quantitative estimate of drug-likeness (QED) is 0.461.